The lowest BCUT2D eigenvalue weighted by Gasteiger charge is -2.49. The molecule has 0 atom stereocenters. The Morgan fingerprint density at radius 1 is 1.28 bits per heavy atom. The molecule has 1 saturated carbocycles. The predicted molar refractivity (Wildman–Crippen MR) is 115 cm³/mol. The number of carbonyl (C=O) groups is 2. The van der Waals surface area contributed by atoms with Crippen LogP contribution in [0.1, 0.15) is 49.7 Å². The number of nitrogens with one attached hydrogen (secondary N) is 1. The number of urea groups is 1. The van der Waals surface area contributed by atoms with E-state index in [0.717, 1.165) is 0 Å². The lowest BCUT2D eigenvalue weighted by atomic mass is 9.68. The quantitative estimate of drug-likeness (QED) is 0.678. The SMILES string of the molecule is CC[n+]1c(-c2ccc(F)c(Cl)c2)c(C(N)=O)c2n1CCN(C(=O)NC1(C)CC(C)(F)C1)C2. The van der Waals surface area contributed by atoms with Crippen LogP contribution in [-0.4, -0.2) is 39.3 Å². The third-order valence-electron chi connectivity index (χ3n) is 6.26. The van der Waals surface area contributed by atoms with E-state index in [-0.39, 0.29) is 36.0 Å². The van der Waals surface area contributed by atoms with Crippen molar-refractivity contribution in [2.75, 3.05) is 6.54 Å². The second-order valence-electron chi connectivity index (χ2n) is 9.18. The van der Waals surface area contributed by atoms with Gasteiger partial charge in [-0.2, -0.15) is 4.68 Å². The Morgan fingerprint density at radius 3 is 2.53 bits per heavy atom. The first-order valence-electron chi connectivity index (χ1n) is 10.6. The topological polar surface area (TPSA) is 84.2 Å². The predicted octanol–water partition coefficient (Wildman–Crippen LogP) is 3.16. The smallest absolute Gasteiger partial charge is 0.318 e. The maximum atomic E-state index is 14.0. The standard InChI is InChI=1S/C22H26ClF2N5O2/c1-4-29-18(13-5-6-15(24)14(23)9-13)17(19(26)31)16-10-28(7-8-30(16)29)20(32)27-22(3)11-21(2,25)12-22/h5-6,9H,4,7-8,10-12H2,1-3H3,(H2-,26,27,31,32)/p+1. The third-order valence-corrected chi connectivity index (χ3v) is 6.55. The number of halogens is 3. The molecule has 0 bridgehead atoms. The molecular formula is C22H27ClF2N5O2+. The number of hydrogen-bond donors (Lipinski definition) is 2. The van der Waals surface area contributed by atoms with Gasteiger partial charge in [0.1, 0.15) is 22.7 Å². The second kappa shape index (κ2) is 7.72. The van der Waals surface area contributed by atoms with E-state index in [1.54, 1.807) is 11.0 Å². The minimum absolute atomic E-state index is 0.0562. The first kappa shape index (κ1) is 22.5. The molecule has 0 spiro atoms. The zero-order valence-corrected chi connectivity index (χ0v) is 19.1. The van der Waals surface area contributed by atoms with Gasteiger partial charge in [0, 0.05) is 24.9 Å². The van der Waals surface area contributed by atoms with Gasteiger partial charge >= 0.3 is 6.03 Å². The average molecular weight is 467 g/mol. The molecule has 2 aromatic rings. The van der Waals surface area contributed by atoms with Crippen LogP contribution in [0.4, 0.5) is 13.6 Å². The van der Waals surface area contributed by atoms with Crippen molar-refractivity contribution >= 4 is 23.5 Å². The Hall–Kier alpha value is -2.68. The van der Waals surface area contributed by atoms with E-state index < -0.39 is 22.9 Å². The van der Waals surface area contributed by atoms with Crippen molar-refractivity contribution in [1.29, 1.82) is 0 Å². The number of aromatic nitrogens is 2. The van der Waals surface area contributed by atoms with Crippen LogP contribution in [0.25, 0.3) is 11.3 Å². The molecule has 3 amide bonds. The molecule has 2 heterocycles. The number of fused-ring (bicyclic) bond motifs is 1. The average Bonchev–Trinajstić information content (AvgIpc) is 3.01. The van der Waals surface area contributed by atoms with Crippen molar-refractivity contribution in [2.24, 2.45) is 5.73 Å². The Labute approximate surface area is 190 Å². The maximum absolute atomic E-state index is 14.0. The molecule has 7 nitrogen and oxygen atoms in total. The Kier molecular flexibility index (Phi) is 5.43. The van der Waals surface area contributed by atoms with E-state index in [4.69, 9.17) is 17.3 Å². The van der Waals surface area contributed by atoms with Gasteiger partial charge in [-0.3, -0.25) is 4.79 Å². The molecular weight excluding hydrogens is 440 g/mol. The number of benzene rings is 1. The summed E-state index contributed by atoms with van der Waals surface area (Å²) in [6.07, 6.45) is 0.515. The zero-order chi connectivity index (χ0) is 23.4. The lowest BCUT2D eigenvalue weighted by Crippen LogP contribution is -2.63. The van der Waals surface area contributed by atoms with E-state index in [2.05, 4.69) is 5.32 Å². The zero-order valence-electron chi connectivity index (χ0n) is 18.3. The van der Waals surface area contributed by atoms with Gasteiger partial charge < -0.3 is 16.0 Å². The van der Waals surface area contributed by atoms with E-state index >= 15 is 0 Å². The number of nitrogens with zero attached hydrogens (tertiary/aromatic N) is 3. The summed E-state index contributed by atoms with van der Waals surface area (Å²) in [7, 11) is 0. The Morgan fingerprint density at radius 2 is 1.97 bits per heavy atom. The molecule has 1 aromatic heterocycles. The fraction of sp³-hybridized carbons (Fsp3) is 0.500. The molecule has 32 heavy (non-hydrogen) atoms. The van der Waals surface area contributed by atoms with Crippen molar-refractivity contribution in [1.82, 2.24) is 14.9 Å². The first-order valence-corrected chi connectivity index (χ1v) is 11.0. The van der Waals surface area contributed by atoms with Crippen molar-refractivity contribution in [3.05, 3.63) is 40.3 Å². The molecule has 3 N–H and O–H groups in total. The van der Waals surface area contributed by atoms with Crippen molar-refractivity contribution < 1.29 is 23.1 Å². The van der Waals surface area contributed by atoms with Gasteiger partial charge in [-0.1, -0.05) is 11.6 Å². The van der Waals surface area contributed by atoms with Crippen LogP contribution in [0, 0.1) is 5.82 Å². The minimum atomic E-state index is -1.27. The van der Waals surface area contributed by atoms with Gasteiger partial charge in [0.2, 0.25) is 0 Å². The molecule has 4 rings (SSSR count). The van der Waals surface area contributed by atoms with Crippen LogP contribution in [0.2, 0.25) is 5.02 Å². The summed E-state index contributed by atoms with van der Waals surface area (Å²) >= 11 is 5.99. The number of alkyl halides is 1. The summed E-state index contributed by atoms with van der Waals surface area (Å²) in [4.78, 5) is 27.0. The summed E-state index contributed by atoms with van der Waals surface area (Å²) in [5.41, 5.74) is 5.89. The summed E-state index contributed by atoms with van der Waals surface area (Å²) < 4.78 is 31.5. The summed E-state index contributed by atoms with van der Waals surface area (Å²) in [5.74, 6) is -1.20. The van der Waals surface area contributed by atoms with Crippen LogP contribution in [0.15, 0.2) is 18.2 Å². The summed E-state index contributed by atoms with van der Waals surface area (Å²) in [6, 6.07) is 3.96. The highest BCUT2D eigenvalue weighted by Crippen LogP contribution is 2.43. The van der Waals surface area contributed by atoms with Crippen molar-refractivity contribution in [3.63, 3.8) is 0 Å². The highest BCUT2D eigenvalue weighted by molar-refractivity contribution is 6.31. The summed E-state index contributed by atoms with van der Waals surface area (Å²) in [6.45, 7) is 6.85. The van der Waals surface area contributed by atoms with Gasteiger partial charge in [0.15, 0.2) is 6.54 Å². The molecule has 172 valence electrons. The molecule has 1 aliphatic carbocycles. The highest BCUT2D eigenvalue weighted by Gasteiger charge is 2.51. The molecule has 0 unspecified atom stereocenters. The third kappa shape index (κ3) is 3.83. The van der Waals surface area contributed by atoms with Gasteiger partial charge in [-0.25, -0.2) is 13.6 Å². The highest BCUT2D eigenvalue weighted by atomic mass is 35.5. The van der Waals surface area contributed by atoms with E-state index in [1.165, 1.54) is 19.1 Å². The molecule has 1 aliphatic heterocycles. The van der Waals surface area contributed by atoms with E-state index in [9.17, 15) is 18.4 Å². The van der Waals surface area contributed by atoms with E-state index in [0.29, 0.717) is 36.6 Å². The van der Waals surface area contributed by atoms with Crippen LogP contribution < -0.4 is 15.7 Å². The Bertz CT molecular complexity index is 1110. The number of nitrogens with two attached hydrogens (primary N) is 1. The maximum Gasteiger partial charge on any atom is 0.318 e. The lowest BCUT2D eigenvalue weighted by molar-refractivity contribution is -0.764. The number of primary amides is 1. The monoisotopic (exact) mass is 466 g/mol. The first-order chi connectivity index (χ1) is 14.9. The molecule has 10 heteroatoms. The van der Waals surface area contributed by atoms with Crippen LogP contribution >= 0.6 is 11.6 Å². The van der Waals surface area contributed by atoms with Crippen molar-refractivity contribution in [3.8, 4) is 11.3 Å². The molecule has 1 aromatic carbocycles. The summed E-state index contributed by atoms with van der Waals surface area (Å²) in [5, 5.41) is 2.88. The van der Waals surface area contributed by atoms with Gasteiger partial charge in [0.05, 0.1) is 23.7 Å². The number of carbonyl (C=O) groups excluding carboxylic acids is 2. The molecule has 2 aliphatic rings. The number of amides is 3. The largest absolute Gasteiger partial charge is 0.365 e. The fourth-order valence-electron chi connectivity index (χ4n) is 5.25. The normalized spacial score (nSPS) is 24.6. The van der Waals surface area contributed by atoms with E-state index in [1.807, 2.05) is 23.2 Å². The second-order valence-corrected chi connectivity index (χ2v) is 9.59. The van der Waals surface area contributed by atoms with Gasteiger partial charge in [-0.15, -0.1) is 4.68 Å². The molecule has 0 radical (unpaired) electrons. The van der Waals surface area contributed by atoms with Gasteiger partial charge in [0.25, 0.3) is 11.6 Å². The molecule has 1 fully saturated rings. The number of rotatable bonds is 4. The van der Waals surface area contributed by atoms with Crippen LogP contribution in [-0.2, 0) is 19.6 Å². The molecule has 0 saturated heterocycles. The van der Waals surface area contributed by atoms with Crippen molar-refractivity contribution in [2.45, 2.75) is 64.5 Å². The minimum Gasteiger partial charge on any atom is -0.365 e. The van der Waals surface area contributed by atoms with Gasteiger partial charge in [-0.05, 0) is 39.0 Å². The number of hydrogen-bond acceptors (Lipinski definition) is 2. The van der Waals surface area contributed by atoms with Crippen LogP contribution in [0.5, 0.6) is 0 Å². The van der Waals surface area contributed by atoms with Crippen LogP contribution in [0.3, 0.4) is 0 Å². The fourth-order valence-corrected chi connectivity index (χ4v) is 5.43. The Balaban J connectivity index is 1.69.